The lowest BCUT2D eigenvalue weighted by molar-refractivity contribution is 0.138. The zero-order valence-corrected chi connectivity index (χ0v) is 9.60. The van der Waals surface area contributed by atoms with E-state index >= 15 is 0 Å². The Kier molecular flexibility index (Phi) is 4.51. The number of alkyl halides is 3. The molecule has 0 radical (unpaired) electrons. The Bertz CT molecular complexity index is 286. The lowest BCUT2D eigenvalue weighted by atomic mass is 10.2. The first-order chi connectivity index (χ1) is 6.70. The number of aromatic nitrogens is 2. The van der Waals surface area contributed by atoms with Gasteiger partial charge in [-0.15, -0.1) is 0 Å². The fourth-order valence-electron chi connectivity index (χ4n) is 1.28. The number of rotatable bonds is 5. The van der Waals surface area contributed by atoms with Crippen LogP contribution in [-0.2, 0) is 11.9 Å². The van der Waals surface area contributed by atoms with Crippen molar-refractivity contribution in [3.05, 3.63) is 17.5 Å². The maximum Gasteiger partial charge on any atom is 0.280 e. The number of hydrogen-bond acceptors (Lipinski definition) is 1. The van der Waals surface area contributed by atoms with Gasteiger partial charge in [-0.1, -0.05) is 29.3 Å². The van der Waals surface area contributed by atoms with Crippen LogP contribution in [0, 0.1) is 0 Å². The molecule has 0 saturated carbocycles. The summed E-state index contributed by atoms with van der Waals surface area (Å²) in [7, 11) is 0. The summed E-state index contributed by atoms with van der Waals surface area (Å²) in [5.74, 6) is 0. The molecule has 5 heteroatoms. The average Bonchev–Trinajstić information content (AvgIpc) is 2.57. The molecule has 1 aromatic rings. The molecule has 0 atom stereocenters. The summed E-state index contributed by atoms with van der Waals surface area (Å²) < 4.78 is 26.7. The average molecular weight is 267 g/mol. The first-order valence-corrected chi connectivity index (χ1v) is 5.71. The van der Waals surface area contributed by atoms with Gasteiger partial charge in [0, 0.05) is 17.4 Å². The first kappa shape index (κ1) is 11.6. The molecule has 2 nitrogen and oxygen atoms in total. The molecule has 14 heavy (non-hydrogen) atoms. The fourth-order valence-corrected chi connectivity index (χ4v) is 1.71. The van der Waals surface area contributed by atoms with E-state index in [-0.39, 0.29) is 5.69 Å². The van der Waals surface area contributed by atoms with Crippen LogP contribution in [0.5, 0.6) is 0 Å². The lowest BCUT2D eigenvalue weighted by Gasteiger charge is -2.06. The van der Waals surface area contributed by atoms with Gasteiger partial charge in [-0.3, -0.25) is 4.68 Å². The summed E-state index contributed by atoms with van der Waals surface area (Å²) >= 11 is 3.17. The smallest absolute Gasteiger partial charge is 0.263 e. The Labute approximate surface area is 90.4 Å². The summed E-state index contributed by atoms with van der Waals surface area (Å²) in [6, 6.07) is 0. The van der Waals surface area contributed by atoms with Crippen LogP contribution in [0.1, 0.15) is 37.4 Å². The summed E-state index contributed by atoms with van der Waals surface area (Å²) in [6.45, 7) is 2.60. The standard InChI is InChI=1S/C9H13BrF2N2/c1-2-3-4-14-8(9(11)12)7(5-10)6-13-14/h6,9H,2-5H2,1H3. The van der Waals surface area contributed by atoms with Crippen molar-refractivity contribution >= 4 is 15.9 Å². The van der Waals surface area contributed by atoms with Gasteiger partial charge in [0.25, 0.3) is 6.43 Å². The van der Waals surface area contributed by atoms with Crippen LogP contribution in [0.25, 0.3) is 0 Å². The molecule has 1 aromatic heterocycles. The van der Waals surface area contributed by atoms with E-state index in [1.54, 1.807) is 0 Å². The Morgan fingerprint density at radius 2 is 2.29 bits per heavy atom. The van der Waals surface area contributed by atoms with Crippen molar-refractivity contribution < 1.29 is 8.78 Å². The number of unbranched alkanes of at least 4 members (excludes halogenated alkanes) is 1. The minimum absolute atomic E-state index is 0.0512. The van der Waals surface area contributed by atoms with Gasteiger partial charge in [-0.25, -0.2) is 8.78 Å². The molecule has 0 unspecified atom stereocenters. The van der Waals surface area contributed by atoms with Gasteiger partial charge in [-0.2, -0.15) is 5.10 Å². The molecule has 0 aliphatic carbocycles. The van der Waals surface area contributed by atoms with Crippen LogP contribution < -0.4 is 0 Å². The minimum atomic E-state index is -2.44. The minimum Gasteiger partial charge on any atom is -0.263 e. The van der Waals surface area contributed by atoms with Crippen molar-refractivity contribution in [1.29, 1.82) is 0 Å². The molecule has 1 heterocycles. The van der Waals surface area contributed by atoms with Crippen molar-refractivity contribution in [2.24, 2.45) is 0 Å². The maximum absolute atomic E-state index is 12.7. The molecular weight excluding hydrogens is 254 g/mol. The predicted octanol–water partition coefficient (Wildman–Crippen LogP) is 3.52. The second kappa shape index (κ2) is 5.44. The van der Waals surface area contributed by atoms with Crippen LogP contribution in [0.15, 0.2) is 6.20 Å². The van der Waals surface area contributed by atoms with Crippen LogP contribution >= 0.6 is 15.9 Å². The van der Waals surface area contributed by atoms with Crippen molar-refractivity contribution in [2.45, 2.75) is 38.1 Å². The van der Waals surface area contributed by atoms with E-state index in [0.29, 0.717) is 17.4 Å². The summed E-state index contributed by atoms with van der Waals surface area (Å²) in [6.07, 6.45) is 0.920. The Morgan fingerprint density at radius 3 is 2.79 bits per heavy atom. The highest BCUT2D eigenvalue weighted by Crippen LogP contribution is 2.24. The van der Waals surface area contributed by atoms with Gasteiger partial charge in [0.1, 0.15) is 5.69 Å². The SMILES string of the molecule is CCCCn1ncc(CBr)c1C(F)F. The van der Waals surface area contributed by atoms with Gasteiger partial charge >= 0.3 is 0 Å². The van der Waals surface area contributed by atoms with Gasteiger partial charge in [0.2, 0.25) is 0 Å². The molecule has 80 valence electrons. The second-order valence-corrected chi connectivity index (χ2v) is 3.63. The molecule has 0 aromatic carbocycles. The van der Waals surface area contributed by atoms with E-state index in [1.165, 1.54) is 10.9 Å². The Hall–Kier alpha value is -0.450. The zero-order valence-electron chi connectivity index (χ0n) is 8.01. The van der Waals surface area contributed by atoms with E-state index in [2.05, 4.69) is 21.0 Å². The van der Waals surface area contributed by atoms with Crippen molar-refractivity contribution in [3.8, 4) is 0 Å². The number of halogens is 3. The Morgan fingerprint density at radius 1 is 1.57 bits per heavy atom. The van der Waals surface area contributed by atoms with Crippen LogP contribution in [0.4, 0.5) is 8.78 Å². The van der Waals surface area contributed by atoms with Gasteiger partial charge in [-0.05, 0) is 6.42 Å². The topological polar surface area (TPSA) is 17.8 Å². The quantitative estimate of drug-likeness (QED) is 0.746. The molecule has 0 amide bonds. The van der Waals surface area contributed by atoms with Crippen molar-refractivity contribution in [1.82, 2.24) is 9.78 Å². The Balaban J connectivity index is 2.87. The monoisotopic (exact) mass is 266 g/mol. The molecule has 0 N–H and O–H groups in total. The highest BCUT2D eigenvalue weighted by atomic mass is 79.9. The highest BCUT2D eigenvalue weighted by molar-refractivity contribution is 9.08. The van der Waals surface area contributed by atoms with Gasteiger partial charge in [0.05, 0.1) is 6.20 Å². The first-order valence-electron chi connectivity index (χ1n) is 4.59. The molecule has 0 spiro atoms. The van der Waals surface area contributed by atoms with Crippen molar-refractivity contribution in [3.63, 3.8) is 0 Å². The van der Waals surface area contributed by atoms with E-state index in [4.69, 9.17) is 0 Å². The van der Waals surface area contributed by atoms with E-state index in [9.17, 15) is 8.78 Å². The lowest BCUT2D eigenvalue weighted by Crippen LogP contribution is -2.06. The van der Waals surface area contributed by atoms with E-state index < -0.39 is 6.43 Å². The van der Waals surface area contributed by atoms with Crippen LogP contribution in [-0.4, -0.2) is 9.78 Å². The second-order valence-electron chi connectivity index (χ2n) is 3.07. The maximum atomic E-state index is 12.7. The molecule has 0 bridgehead atoms. The molecule has 0 aliphatic rings. The summed E-state index contributed by atoms with van der Waals surface area (Å²) in [5, 5.41) is 4.38. The number of aryl methyl sites for hydroxylation is 1. The third kappa shape index (κ3) is 2.53. The zero-order chi connectivity index (χ0) is 10.6. The molecular formula is C9H13BrF2N2. The highest BCUT2D eigenvalue weighted by Gasteiger charge is 2.18. The summed E-state index contributed by atoms with van der Waals surface area (Å²) in [5.41, 5.74) is 0.631. The van der Waals surface area contributed by atoms with Crippen molar-refractivity contribution in [2.75, 3.05) is 0 Å². The largest absolute Gasteiger partial charge is 0.280 e. The molecule has 0 saturated heterocycles. The third-order valence-corrected chi connectivity index (χ3v) is 2.64. The van der Waals surface area contributed by atoms with Gasteiger partial charge < -0.3 is 0 Å². The van der Waals surface area contributed by atoms with Crippen LogP contribution in [0.2, 0.25) is 0 Å². The summed E-state index contributed by atoms with van der Waals surface area (Å²) in [4.78, 5) is 0. The van der Waals surface area contributed by atoms with Gasteiger partial charge in [0.15, 0.2) is 0 Å². The number of nitrogens with zero attached hydrogens (tertiary/aromatic N) is 2. The molecule has 1 rings (SSSR count). The molecule has 0 aliphatic heterocycles. The van der Waals surface area contributed by atoms with E-state index in [0.717, 1.165) is 12.8 Å². The van der Waals surface area contributed by atoms with E-state index in [1.807, 2.05) is 6.92 Å². The van der Waals surface area contributed by atoms with Crippen LogP contribution in [0.3, 0.4) is 0 Å². The normalized spacial score (nSPS) is 11.2. The third-order valence-electron chi connectivity index (χ3n) is 2.03. The fraction of sp³-hybridized carbons (Fsp3) is 0.667. The predicted molar refractivity (Wildman–Crippen MR) is 54.7 cm³/mol. The number of hydrogen-bond donors (Lipinski definition) is 0. The molecule has 0 fully saturated rings.